The Morgan fingerprint density at radius 1 is 1.27 bits per heavy atom. The summed E-state index contributed by atoms with van der Waals surface area (Å²) in [6, 6.07) is 6.72. The molecule has 1 aliphatic heterocycles. The van der Waals surface area contributed by atoms with Crippen molar-refractivity contribution in [3.8, 4) is 0 Å². The summed E-state index contributed by atoms with van der Waals surface area (Å²) in [6.45, 7) is 3.08. The van der Waals surface area contributed by atoms with Gasteiger partial charge in [0.05, 0.1) is 6.10 Å². The van der Waals surface area contributed by atoms with E-state index in [-0.39, 0.29) is 5.82 Å². The first kappa shape index (κ1) is 10.6. The maximum Gasteiger partial charge on any atom is 0.123 e. The van der Waals surface area contributed by atoms with E-state index in [1.807, 2.05) is 12.1 Å². The monoisotopic (exact) mass is 208 g/mol. The van der Waals surface area contributed by atoms with Crippen LogP contribution in [0.3, 0.4) is 0 Å². The average Bonchev–Trinajstić information content (AvgIpc) is 2.25. The average molecular weight is 208 g/mol. The van der Waals surface area contributed by atoms with Crippen molar-refractivity contribution in [2.75, 3.05) is 6.61 Å². The molecule has 2 heteroatoms. The van der Waals surface area contributed by atoms with Crippen molar-refractivity contribution in [3.63, 3.8) is 0 Å². The quantitative estimate of drug-likeness (QED) is 0.725. The van der Waals surface area contributed by atoms with Gasteiger partial charge in [-0.05, 0) is 42.9 Å². The van der Waals surface area contributed by atoms with Crippen LogP contribution in [0.5, 0.6) is 0 Å². The molecule has 0 spiro atoms. The molecule has 0 saturated carbocycles. The fourth-order valence-electron chi connectivity index (χ4n) is 1.98. The van der Waals surface area contributed by atoms with Gasteiger partial charge in [0.25, 0.3) is 0 Å². The van der Waals surface area contributed by atoms with Crippen LogP contribution in [0.15, 0.2) is 24.3 Å². The summed E-state index contributed by atoms with van der Waals surface area (Å²) in [5.41, 5.74) is 1.16. The molecule has 2 atom stereocenters. The molecule has 1 aromatic carbocycles. The van der Waals surface area contributed by atoms with E-state index in [9.17, 15) is 4.39 Å². The molecule has 82 valence electrons. The summed E-state index contributed by atoms with van der Waals surface area (Å²) in [5.74, 6) is 0.520. The first-order chi connectivity index (χ1) is 7.24. The summed E-state index contributed by atoms with van der Waals surface area (Å²) in [6.07, 6.45) is 3.60. The lowest BCUT2D eigenvalue weighted by Gasteiger charge is -2.26. The van der Waals surface area contributed by atoms with E-state index < -0.39 is 0 Å². The Hall–Kier alpha value is -0.890. The molecule has 0 aliphatic carbocycles. The Morgan fingerprint density at radius 3 is 2.60 bits per heavy atom. The number of ether oxygens (including phenoxy) is 1. The number of halogens is 1. The van der Waals surface area contributed by atoms with Gasteiger partial charge < -0.3 is 4.74 Å². The van der Waals surface area contributed by atoms with E-state index in [1.165, 1.54) is 18.6 Å². The van der Waals surface area contributed by atoms with Crippen LogP contribution >= 0.6 is 0 Å². The van der Waals surface area contributed by atoms with Crippen LogP contribution in [-0.4, -0.2) is 12.7 Å². The topological polar surface area (TPSA) is 9.23 Å². The molecule has 1 saturated heterocycles. The van der Waals surface area contributed by atoms with Crippen molar-refractivity contribution < 1.29 is 9.13 Å². The molecule has 0 bridgehead atoms. The van der Waals surface area contributed by atoms with E-state index in [1.54, 1.807) is 0 Å². The molecule has 1 fully saturated rings. The van der Waals surface area contributed by atoms with Gasteiger partial charge in [-0.15, -0.1) is 0 Å². The standard InChI is InChI=1S/C13H17FO/c1-10-2-7-13(15-9-10)8-11-3-5-12(14)6-4-11/h3-6,10,13H,2,7-9H2,1H3/t10-,13-/m1/s1. The van der Waals surface area contributed by atoms with Crippen molar-refractivity contribution >= 4 is 0 Å². The molecule has 0 radical (unpaired) electrons. The summed E-state index contributed by atoms with van der Waals surface area (Å²) in [7, 11) is 0. The molecule has 0 amide bonds. The van der Waals surface area contributed by atoms with Crippen LogP contribution in [0.1, 0.15) is 25.3 Å². The summed E-state index contributed by atoms with van der Waals surface area (Å²) < 4.78 is 18.4. The minimum absolute atomic E-state index is 0.170. The molecule has 1 aromatic rings. The van der Waals surface area contributed by atoms with E-state index in [2.05, 4.69) is 6.92 Å². The van der Waals surface area contributed by atoms with Crippen molar-refractivity contribution in [3.05, 3.63) is 35.6 Å². The lowest BCUT2D eigenvalue weighted by atomic mass is 9.96. The van der Waals surface area contributed by atoms with Crippen molar-refractivity contribution in [2.24, 2.45) is 5.92 Å². The van der Waals surface area contributed by atoms with Gasteiger partial charge in [-0.1, -0.05) is 19.1 Å². The maximum atomic E-state index is 12.7. The molecular weight excluding hydrogens is 191 g/mol. The molecular formula is C13H17FO. The number of rotatable bonds is 2. The van der Waals surface area contributed by atoms with Crippen molar-refractivity contribution in [1.29, 1.82) is 0 Å². The van der Waals surface area contributed by atoms with Gasteiger partial charge in [-0.2, -0.15) is 0 Å². The van der Waals surface area contributed by atoms with Crippen LogP contribution in [0.4, 0.5) is 4.39 Å². The Morgan fingerprint density at radius 2 is 2.00 bits per heavy atom. The molecule has 0 aromatic heterocycles. The van der Waals surface area contributed by atoms with Crippen molar-refractivity contribution in [2.45, 2.75) is 32.3 Å². The number of hydrogen-bond donors (Lipinski definition) is 0. The van der Waals surface area contributed by atoms with Crippen LogP contribution in [0, 0.1) is 11.7 Å². The summed E-state index contributed by atoms with van der Waals surface area (Å²) >= 11 is 0. The van der Waals surface area contributed by atoms with Gasteiger partial charge in [0, 0.05) is 6.61 Å². The van der Waals surface area contributed by atoms with Gasteiger partial charge in [0.2, 0.25) is 0 Å². The van der Waals surface area contributed by atoms with E-state index in [0.29, 0.717) is 12.0 Å². The van der Waals surface area contributed by atoms with Crippen molar-refractivity contribution in [1.82, 2.24) is 0 Å². The predicted octanol–water partition coefficient (Wildman–Crippen LogP) is 3.18. The number of hydrogen-bond acceptors (Lipinski definition) is 1. The normalized spacial score (nSPS) is 26.5. The van der Waals surface area contributed by atoms with Gasteiger partial charge in [-0.3, -0.25) is 0 Å². The zero-order chi connectivity index (χ0) is 10.7. The first-order valence-corrected chi connectivity index (χ1v) is 5.60. The Balaban J connectivity index is 1.89. The highest BCUT2D eigenvalue weighted by atomic mass is 19.1. The van der Waals surface area contributed by atoms with Gasteiger partial charge >= 0.3 is 0 Å². The molecule has 15 heavy (non-hydrogen) atoms. The highest BCUT2D eigenvalue weighted by Gasteiger charge is 2.18. The first-order valence-electron chi connectivity index (χ1n) is 5.60. The zero-order valence-electron chi connectivity index (χ0n) is 9.08. The third-order valence-electron chi connectivity index (χ3n) is 2.97. The van der Waals surface area contributed by atoms with Crippen LogP contribution in [0.25, 0.3) is 0 Å². The smallest absolute Gasteiger partial charge is 0.123 e. The lowest BCUT2D eigenvalue weighted by molar-refractivity contribution is -0.0101. The SMILES string of the molecule is C[C@@H]1CC[C@H](Cc2ccc(F)cc2)OC1. The molecule has 1 nitrogen and oxygen atoms in total. The lowest BCUT2D eigenvalue weighted by Crippen LogP contribution is -2.26. The highest BCUT2D eigenvalue weighted by Crippen LogP contribution is 2.21. The highest BCUT2D eigenvalue weighted by molar-refractivity contribution is 5.16. The van der Waals surface area contributed by atoms with Gasteiger partial charge in [0.1, 0.15) is 5.82 Å². The van der Waals surface area contributed by atoms with Crippen LogP contribution in [0.2, 0.25) is 0 Å². The fraction of sp³-hybridized carbons (Fsp3) is 0.538. The van der Waals surface area contributed by atoms with Gasteiger partial charge in [0.15, 0.2) is 0 Å². The van der Waals surface area contributed by atoms with Gasteiger partial charge in [-0.25, -0.2) is 4.39 Å². The Kier molecular flexibility index (Phi) is 3.37. The predicted molar refractivity (Wildman–Crippen MR) is 58.2 cm³/mol. The van der Waals surface area contributed by atoms with Crippen LogP contribution < -0.4 is 0 Å². The Bertz CT molecular complexity index is 299. The third-order valence-corrected chi connectivity index (χ3v) is 2.97. The van der Waals surface area contributed by atoms with E-state index in [4.69, 9.17) is 4.74 Å². The molecule has 2 rings (SSSR count). The largest absolute Gasteiger partial charge is 0.378 e. The second kappa shape index (κ2) is 4.75. The minimum atomic E-state index is -0.170. The minimum Gasteiger partial charge on any atom is -0.378 e. The maximum absolute atomic E-state index is 12.7. The summed E-state index contributed by atoms with van der Waals surface area (Å²) in [4.78, 5) is 0. The molecule has 1 heterocycles. The molecule has 1 aliphatic rings. The molecule has 0 N–H and O–H groups in total. The zero-order valence-corrected chi connectivity index (χ0v) is 9.08. The summed E-state index contributed by atoms with van der Waals surface area (Å²) in [5, 5.41) is 0. The molecule has 0 unspecified atom stereocenters. The number of benzene rings is 1. The fourth-order valence-corrected chi connectivity index (χ4v) is 1.98. The Labute approximate surface area is 90.3 Å². The van der Waals surface area contributed by atoms with E-state index in [0.717, 1.165) is 25.0 Å². The third kappa shape index (κ3) is 3.03. The second-order valence-electron chi connectivity index (χ2n) is 4.47. The second-order valence-corrected chi connectivity index (χ2v) is 4.47. The van der Waals surface area contributed by atoms with Crippen LogP contribution in [-0.2, 0) is 11.2 Å². The van der Waals surface area contributed by atoms with E-state index >= 15 is 0 Å².